The zero-order chi connectivity index (χ0) is 13.1. The van der Waals surface area contributed by atoms with Gasteiger partial charge in [0, 0.05) is 25.1 Å². The highest BCUT2D eigenvalue weighted by molar-refractivity contribution is 5.73. The molecule has 1 heterocycles. The lowest BCUT2D eigenvalue weighted by Gasteiger charge is -2.19. The van der Waals surface area contributed by atoms with Crippen LogP contribution in [-0.2, 0) is 0 Å². The van der Waals surface area contributed by atoms with E-state index in [-0.39, 0.29) is 0 Å². The lowest BCUT2D eigenvalue weighted by atomic mass is 10.1. The normalized spacial score (nSPS) is 10.2. The van der Waals surface area contributed by atoms with Crippen LogP contribution in [0.25, 0.3) is 0 Å². The molecule has 0 amide bonds. The topological polar surface area (TPSA) is 46.1 Å². The van der Waals surface area contributed by atoms with E-state index in [1.54, 1.807) is 0 Å². The fraction of sp³-hybridized carbons (Fsp3) is 0.214. The molecule has 0 fully saturated rings. The Kier molecular flexibility index (Phi) is 3.37. The molecule has 1 aromatic heterocycles. The van der Waals surface area contributed by atoms with Gasteiger partial charge in [0.05, 0.1) is 5.56 Å². The number of hydrogen-bond donors (Lipinski definition) is 0. The summed E-state index contributed by atoms with van der Waals surface area (Å²) in [6.07, 6.45) is 3.78. The predicted molar refractivity (Wildman–Crippen MR) is 71.4 cm³/mol. The minimum absolute atomic E-state index is 0.479. The third kappa shape index (κ3) is 2.37. The van der Waals surface area contributed by atoms with Gasteiger partial charge in [0.2, 0.25) is 5.95 Å². The molecule has 2 rings (SSSR count). The second-order valence-corrected chi connectivity index (χ2v) is 4.28. The maximum atomic E-state index is 10.6. The van der Waals surface area contributed by atoms with Crippen molar-refractivity contribution in [2.75, 3.05) is 11.9 Å². The number of carbonyl (C=O) groups is 1. The highest BCUT2D eigenvalue weighted by Crippen LogP contribution is 2.24. The van der Waals surface area contributed by atoms with E-state index in [2.05, 4.69) is 35.9 Å². The molecule has 4 heteroatoms. The van der Waals surface area contributed by atoms with Crippen molar-refractivity contribution >= 4 is 17.9 Å². The fourth-order valence-electron chi connectivity index (χ4n) is 1.85. The van der Waals surface area contributed by atoms with Gasteiger partial charge >= 0.3 is 0 Å². The first-order valence-electron chi connectivity index (χ1n) is 5.70. The number of nitrogens with zero attached hydrogens (tertiary/aromatic N) is 3. The first kappa shape index (κ1) is 12.2. The van der Waals surface area contributed by atoms with Crippen LogP contribution < -0.4 is 4.90 Å². The Balaban J connectivity index is 2.34. The van der Waals surface area contributed by atoms with Gasteiger partial charge in [-0.3, -0.25) is 4.79 Å². The molecule has 0 aliphatic carbocycles. The third-order valence-corrected chi connectivity index (χ3v) is 2.81. The van der Waals surface area contributed by atoms with Crippen LogP contribution in [0.2, 0.25) is 0 Å². The predicted octanol–water partition coefficient (Wildman–Crippen LogP) is 2.67. The van der Waals surface area contributed by atoms with Gasteiger partial charge in [0.1, 0.15) is 0 Å². The van der Waals surface area contributed by atoms with Crippen molar-refractivity contribution in [3.05, 3.63) is 47.3 Å². The average molecular weight is 241 g/mol. The molecule has 4 nitrogen and oxygen atoms in total. The Labute approximate surface area is 106 Å². The van der Waals surface area contributed by atoms with E-state index < -0.39 is 0 Å². The van der Waals surface area contributed by atoms with E-state index >= 15 is 0 Å². The number of carbonyl (C=O) groups excluding carboxylic acids is 1. The minimum Gasteiger partial charge on any atom is -0.313 e. The van der Waals surface area contributed by atoms with Crippen molar-refractivity contribution < 1.29 is 4.79 Å². The molecule has 0 bridgehead atoms. The Bertz CT molecular complexity index is 564. The Morgan fingerprint density at radius 1 is 1.17 bits per heavy atom. The average Bonchev–Trinajstić information content (AvgIpc) is 2.38. The molecule has 0 N–H and O–H groups in total. The molecule has 1 aromatic carbocycles. The van der Waals surface area contributed by atoms with Gasteiger partial charge < -0.3 is 4.90 Å². The van der Waals surface area contributed by atoms with Gasteiger partial charge in [-0.05, 0) is 25.5 Å². The van der Waals surface area contributed by atoms with Crippen LogP contribution in [0.5, 0.6) is 0 Å². The van der Waals surface area contributed by atoms with Crippen molar-refractivity contribution in [2.24, 2.45) is 0 Å². The second kappa shape index (κ2) is 4.96. The van der Waals surface area contributed by atoms with Crippen molar-refractivity contribution in [3.8, 4) is 0 Å². The maximum Gasteiger partial charge on any atom is 0.229 e. The number of hydrogen-bond acceptors (Lipinski definition) is 4. The van der Waals surface area contributed by atoms with Crippen molar-refractivity contribution in [1.82, 2.24) is 9.97 Å². The monoisotopic (exact) mass is 241 g/mol. The number of benzene rings is 1. The highest BCUT2D eigenvalue weighted by atomic mass is 16.1. The standard InChI is InChI=1S/C14H15N3O/c1-10-4-5-13(11(2)6-10)17(3)14-15-7-12(9-18)8-16-14/h4-9H,1-3H3. The molecule has 0 saturated heterocycles. The first-order chi connectivity index (χ1) is 8.61. The van der Waals surface area contributed by atoms with E-state index in [0.29, 0.717) is 11.5 Å². The first-order valence-corrected chi connectivity index (χ1v) is 5.70. The second-order valence-electron chi connectivity index (χ2n) is 4.28. The SMILES string of the molecule is Cc1ccc(N(C)c2ncc(C=O)cn2)c(C)c1. The summed E-state index contributed by atoms with van der Waals surface area (Å²) in [5, 5.41) is 0. The van der Waals surface area contributed by atoms with E-state index in [1.807, 2.05) is 18.0 Å². The Hall–Kier alpha value is -2.23. The molecular weight excluding hydrogens is 226 g/mol. The van der Waals surface area contributed by atoms with Gasteiger partial charge in [-0.15, -0.1) is 0 Å². The largest absolute Gasteiger partial charge is 0.313 e. The van der Waals surface area contributed by atoms with Crippen LogP contribution in [0, 0.1) is 13.8 Å². The fourth-order valence-corrected chi connectivity index (χ4v) is 1.85. The quantitative estimate of drug-likeness (QED) is 0.775. The molecule has 0 unspecified atom stereocenters. The van der Waals surface area contributed by atoms with Gasteiger partial charge in [-0.1, -0.05) is 17.7 Å². The third-order valence-electron chi connectivity index (χ3n) is 2.81. The summed E-state index contributed by atoms with van der Waals surface area (Å²) in [5.41, 5.74) is 3.93. The van der Waals surface area contributed by atoms with Crippen LogP contribution in [0.4, 0.5) is 11.6 Å². The molecular formula is C14H15N3O. The summed E-state index contributed by atoms with van der Waals surface area (Å²) in [7, 11) is 1.91. The summed E-state index contributed by atoms with van der Waals surface area (Å²) in [5.74, 6) is 0.576. The van der Waals surface area contributed by atoms with Crippen molar-refractivity contribution in [3.63, 3.8) is 0 Å². The summed E-state index contributed by atoms with van der Waals surface area (Å²) >= 11 is 0. The number of aryl methyl sites for hydroxylation is 2. The van der Waals surface area contributed by atoms with Crippen LogP contribution in [0.15, 0.2) is 30.6 Å². The molecule has 2 aromatic rings. The Morgan fingerprint density at radius 2 is 1.83 bits per heavy atom. The Morgan fingerprint density at radius 3 is 2.39 bits per heavy atom. The molecule has 0 aliphatic heterocycles. The molecule has 18 heavy (non-hydrogen) atoms. The number of anilines is 2. The van der Waals surface area contributed by atoms with Crippen molar-refractivity contribution in [1.29, 1.82) is 0 Å². The number of aldehydes is 1. The molecule has 0 aliphatic rings. The van der Waals surface area contributed by atoms with Gasteiger partial charge in [-0.2, -0.15) is 0 Å². The van der Waals surface area contributed by atoms with E-state index in [9.17, 15) is 4.79 Å². The lowest BCUT2D eigenvalue weighted by Crippen LogP contribution is -2.14. The maximum absolute atomic E-state index is 10.6. The number of rotatable bonds is 3. The summed E-state index contributed by atoms with van der Waals surface area (Å²) in [4.78, 5) is 20.8. The highest BCUT2D eigenvalue weighted by Gasteiger charge is 2.09. The van der Waals surface area contributed by atoms with E-state index in [1.165, 1.54) is 23.5 Å². The van der Waals surface area contributed by atoms with Crippen molar-refractivity contribution in [2.45, 2.75) is 13.8 Å². The van der Waals surface area contributed by atoms with E-state index in [4.69, 9.17) is 0 Å². The van der Waals surface area contributed by atoms with Gasteiger partial charge in [0.15, 0.2) is 6.29 Å². The van der Waals surface area contributed by atoms with Crippen LogP contribution in [-0.4, -0.2) is 23.3 Å². The summed E-state index contributed by atoms with van der Waals surface area (Å²) in [6, 6.07) is 6.21. The molecule has 0 radical (unpaired) electrons. The van der Waals surface area contributed by atoms with E-state index in [0.717, 1.165) is 12.0 Å². The molecule has 0 spiro atoms. The van der Waals surface area contributed by atoms with Gasteiger partial charge in [0.25, 0.3) is 0 Å². The molecule has 92 valence electrons. The molecule has 0 atom stereocenters. The zero-order valence-corrected chi connectivity index (χ0v) is 10.7. The zero-order valence-electron chi connectivity index (χ0n) is 10.7. The number of aromatic nitrogens is 2. The minimum atomic E-state index is 0.479. The van der Waals surface area contributed by atoms with Crippen LogP contribution in [0.3, 0.4) is 0 Å². The smallest absolute Gasteiger partial charge is 0.229 e. The van der Waals surface area contributed by atoms with Gasteiger partial charge in [-0.25, -0.2) is 9.97 Å². The van der Waals surface area contributed by atoms with Crippen LogP contribution in [0.1, 0.15) is 21.5 Å². The summed E-state index contributed by atoms with van der Waals surface area (Å²) < 4.78 is 0. The molecule has 0 saturated carbocycles. The lowest BCUT2D eigenvalue weighted by molar-refractivity contribution is 0.112. The van der Waals surface area contributed by atoms with Crippen LogP contribution >= 0.6 is 0 Å². The summed E-state index contributed by atoms with van der Waals surface area (Å²) in [6.45, 7) is 4.12.